The van der Waals surface area contributed by atoms with Crippen LogP contribution in [-0.2, 0) is 9.47 Å². The van der Waals surface area contributed by atoms with Crippen LogP contribution in [0.1, 0.15) is 71.5 Å². The zero-order valence-electron chi connectivity index (χ0n) is 14.9. The van der Waals surface area contributed by atoms with Crippen molar-refractivity contribution < 1.29 is 23.5 Å². The summed E-state index contributed by atoms with van der Waals surface area (Å²) in [5.74, 6) is 0.0936. The van der Waals surface area contributed by atoms with E-state index in [1.807, 2.05) is 6.07 Å². The lowest BCUT2D eigenvalue weighted by Crippen LogP contribution is -2.11. The average molecular weight is 344 g/mol. The molecular weight excluding hydrogens is 320 g/mol. The number of benzene rings is 1. The lowest BCUT2D eigenvalue weighted by Gasteiger charge is -2.15. The maximum atomic E-state index is 12.4. The van der Waals surface area contributed by atoms with Crippen molar-refractivity contribution in [3.63, 3.8) is 0 Å². The zero-order valence-corrected chi connectivity index (χ0v) is 14.9. The van der Waals surface area contributed by atoms with Crippen LogP contribution >= 0.6 is 0 Å². The van der Waals surface area contributed by atoms with Crippen LogP contribution in [0.5, 0.6) is 0 Å². The van der Waals surface area contributed by atoms with Gasteiger partial charge in [-0.25, -0.2) is 9.59 Å². The van der Waals surface area contributed by atoms with E-state index in [9.17, 15) is 9.59 Å². The van der Waals surface area contributed by atoms with Gasteiger partial charge in [-0.05, 0) is 44.9 Å². The molecule has 1 heterocycles. The van der Waals surface area contributed by atoms with Gasteiger partial charge in [0.15, 0.2) is 6.10 Å². The average Bonchev–Trinajstić information content (AvgIpc) is 3.01. The number of rotatable bonds is 8. The quantitative estimate of drug-likeness (QED) is 0.640. The molecule has 0 saturated carbocycles. The second-order valence-corrected chi connectivity index (χ2v) is 5.74. The molecule has 2 rings (SSSR count). The minimum atomic E-state index is -0.533. The number of aryl methyl sites for hydroxylation is 1. The SMILES string of the molecule is CCCCC(OC(=O)c1ccccc1)c1cc(C(=O)OCC)c(C)o1. The Bertz CT molecular complexity index is 702. The number of carbonyl (C=O) groups is 2. The van der Waals surface area contributed by atoms with E-state index in [-0.39, 0.29) is 0 Å². The van der Waals surface area contributed by atoms with Crippen molar-refractivity contribution in [2.45, 2.75) is 46.1 Å². The van der Waals surface area contributed by atoms with Crippen molar-refractivity contribution in [2.24, 2.45) is 0 Å². The molecule has 0 aliphatic heterocycles. The van der Waals surface area contributed by atoms with Gasteiger partial charge >= 0.3 is 11.9 Å². The van der Waals surface area contributed by atoms with Gasteiger partial charge in [-0.2, -0.15) is 0 Å². The van der Waals surface area contributed by atoms with Crippen molar-refractivity contribution in [3.8, 4) is 0 Å². The molecule has 0 bridgehead atoms. The molecule has 2 aromatic rings. The fourth-order valence-corrected chi connectivity index (χ4v) is 2.50. The number of furan rings is 1. The van der Waals surface area contributed by atoms with Crippen LogP contribution in [-0.4, -0.2) is 18.5 Å². The molecule has 1 aromatic heterocycles. The monoisotopic (exact) mass is 344 g/mol. The summed E-state index contributed by atoms with van der Waals surface area (Å²) in [6.45, 7) is 5.81. The molecule has 0 N–H and O–H groups in total. The first kappa shape index (κ1) is 18.8. The third-order valence-corrected chi connectivity index (χ3v) is 3.83. The fourth-order valence-electron chi connectivity index (χ4n) is 2.50. The first-order valence-corrected chi connectivity index (χ1v) is 8.60. The molecule has 0 aliphatic carbocycles. The number of carbonyl (C=O) groups excluding carboxylic acids is 2. The minimum absolute atomic E-state index is 0.293. The van der Waals surface area contributed by atoms with Gasteiger partial charge in [0, 0.05) is 0 Å². The number of hydrogen-bond donors (Lipinski definition) is 0. The molecule has 0 saturated heterocycles. The van der Waals surface area contributed by atoms with E-state index in [4.69, 9.17) is 13.9 Å². The Labute approximate surface area is 147 Å². The summed E-state index contributed by atoms with van der Waals surface area (Å²) in [7, 11) is 0. The standard InChI is InChI=1S/C20H24O5/c1-4-6-12-17(25-19(21)15-10-8-7-9-11-15)18-13-16(14(3)24-18)20(22)23-5-2/h7-11,13,17H,4-6,12H2,1-3H3. The van der Waals surface area contributed by atoms with Crippen LogP contribution in [0.3, 0.4) is 0 Å². The first-order chi connectivity index (χ1) is 12.1. The van der Waals surface area contributed by atoms with Gasteiger partial charge in [0.1, 0.15) is 17.1 Å². The van der Waals surface area contributed by atoms with Crippen LogP contribution < -0.4 is 0 Å². The number of ether oxygens (including phenoxy) is 2. The maximum Gasteiger partial charge on any atom is 0.341 e. The maximum absolute atomic E-state index is 12.4. The van der Waals surface area contributed by atoms with Gasteiger partial charge in [0.2, 0.25) is 0 Å². The van der Waals surface area contributed by atoms with Crippen molar-refractivity contribution in [1.29, 1.82) is 0 Å². The van der Waals surface area contributed by atoms with Gasteiger partial charge in [-0.1, -0.05) is 31.5 Å². The Morgan fingerprint density at radius 2 is 1.84 bits per heavy atom. The van der Waals surface area contributed by atoms with E-state index < -0.39 is 18.0 Å². The smallest absolute Gasteiger partial charge is 0.341 e. The summed E-state index contributed by atoms with van der Waals surface area (Å²) in [5, 5.41) is 0. The largest absolute Gasteiger partial charge is 0.462 e. The third-order valence-electron chi connectivity index (χ3n) is 3.83. The van der Waals surface area contributed by atoms with Crippen LogP contribution in [0.15, 0.2) is 40.8 Å². The second-order valence-electron chi connectivity index (χ2n) is 5.74. The topological polar surface area (TPSA) is 65.7 Å². The number of hydrogen-bond acceptors (Lipinski definition) is 5. The third kappa shape index (κ3) is 4.95. The van der Waals surface area contributed by atoms with Crippen LogP contribution in [0.25, 0.3) is 0 Å². The number of unbranched alkanes of at least 4 members (excludes halogenated alkanes) is 1. The highest BCUT2D eigenvalue weighted by atomic mass is 16.6. The highest BCUT2D eigenvalue weighted by Crippen LogP contribution is 2.29. The normalized spacial score (nSPS) is 11.8. The second kappa shape index (κ2) is 9.06. The summed E-state index contributed by atoms with van der Waals surface area (Å²) in [5.41, 5.74) is 0.854. The molecule has 134 valence electrons. The summed E-state index contributed by atoms with van der Waals surface area (Å²) in [6, 6.07) is 10.4. The molecule has 25 heavy (non-hydrogen) atoms. The van der Waals surface area contributed by atoms with Crippen LogP contribution in [0.4, 0.5) is 0 Å². The first-order valence-electron chi connectivity index (χ1n) is 8.60. The molecule has 0 amide bonds. The lowest BCUT2D eigenvalue weighted by molar-refractivity contribution is 0.0214. The van der Waals surface area contributed by atoms with Gasteiger partial charge in [0.05, 0.1) is 12.2 Å². The van der Waals surface area contributed by atoms with Crippen molar-refractivity contribution in [1.82, 2.24) is 0 Å². The van der Waals surface area contributed by atoms with E-state index in [1.54, 1.807) is 44.2 Å². The van der Waals surface area contributed by atoms with Gasteiger partial charge < -0.3 is 13.9 Å². The molecule has 0 spiro atoms. The van der Waals surface area contributed by atoms with Gasteiger partial charge in [0.25, 0.3) is 0 Å². The number of esters is 2. The molecule has 1 unspecified atom stereocenters. The Morgan fingerprint density at radius 3 is 2.48 bits per heavy atom. The van der Waals surface area contributed by atoms with Crippen molar-refractivity contribution in [3.05, 3.63) is 59.0 Å². The fraction of sp³-hybridized carbons (Fsp3) is 0.400. The predicted molar refractivity (Wildman–Crippen MR) is 93.5 cm³/mol. The highest BCUT2D eigenvalue weighted by Gasteiger charge is 2.24. The van der Waals surface area contributed by atoms with E-state index in [0.29, 0.717) is 35.7 Å². The Hall–Kier alpha value is -2.56. The zero-order chi connectivity index (χ0) is 18.2. The van der Waals surface area contributed by atoms with E-state index in [1.165, 1.54) is 0 Å². The molecule has 0 fully saturated rings. The van der Waals surface area contributed by atoms with Gasteiger partial charge in [-0.15, -0.1) is 0 Å². The van der Waals surface area contributed by atoms with Crippen molar-refractivity contribution >= 4 is 11.9 Å². The molecule has 1 aromatic carbocycles. The van der Waals surface area contributed by atoms with Gasteiger partial charge in [-0.3, -0.25) is 0 Å². The summed E-state index contributed by atoms with van der Waals surface area (Å²) >= 11 is 0. The molecule has 0 aliphatic rings. The summed E-state index contributed by atoms with van der Waals surface area (Å²) in [4.78, 5) is 24.3. The van der Waals surface area contributed by atoms with Crippen molar-refractivity contribution in [2.75, 3.05) is 6.61 Å². The van der Waals surface area contributed by atoms with Crippen LogP contribution in [0, 0.1) is 6.92 Å². The Balaban J connectivity index is 2.21. The Morgan fingerprint density at radius 1 is 1.12 bits per heavy atom. The summed E-state index contributed by atoms with van der Waals surface area (Å²) in [6.07, 6.45) is 1.93. The van der Waals surface area contributed by atoms with E-state index in [0.717, 1.165) is 12.8 Å². The van der Waals surface area contributed by atoms with Crippen LogP contribution in [0.2, 0.25) is 0 Å². The molecule has 0 radical (unpaired) electrons. The lowest BCUT2D eigenvalue weighted by atomic mass is 10.1. The van der Waals surface area contributed by atoms with E-state index in [2.05, 4.69) is 6.92 Å². The Kier molecular flexibility index (Phi) is 6.81. The minimum Gasteiger partial charge on any atom is -0.462 e. The predicted octanol–water partition coefficient (Wildman–Crippen LogP) is 4.85. The van der Waals surface area contributed by atoms with E-state index >= 15 is 0 Å². The highest BCUT2D eigenvalue weighted by molar-refractivity contribution is 5.91. The molecule has 1 atom stereocenters. The molecular formula is C20H24O5. The summed E-state index contributed by atoms with van der Waals surface area (Å²) < 4.78 is 16.4. The molecule has 5 heteroatoms. The molecule has 5 nitrogen and oxygen atoms in total.